The molecule has 0 atom stereocenters. The number of hydrogen-bond acceptors (Lipinski definition) is 3. The average Bonchev–Trinajstić information content (AvgIpc) is 3.24. The largest absolute Gasteiger partial charge is 0.352 e. The summed E-state index contributed by atoms with van der Waals surface area (Å²) in [6.45, 7) is 0.542. The van der Waals surface area contributed by atoms with Crippen molar-refractivity contribution in [3.05, 3.63) is 42.6 Å². The molecule has 0 radical (unpaired) electrons. The molecule has 0 aromatic carbocycles. The Labute approximate surface area is 130 Å². The van der Waals surface area contributed by atoms with Crippen LogP contribution in [0.3, 0.4) is 0 Å². The Morgan fingerprint density at radius 2 is 2.18 bits per heavy atom. The van der Waals surface area contributed by atoms with Crippen molar-refractivity contribution >= 4 is 5.91 Å². The minimum Gasteiger partial charge on any atom is -0.352 e. The van der Waals surface area contributed by atoms with E-state index in [1.807, 2.05) is 22.9 Å². The first kappa shape index (κ1) is 14.8. The molecule has 0 unspecified atom stereocenters. The van der Waals surface area contributed by atoms with Gasteiger partial charge in [-0.05, 0) is 24.0 Å². The third-order valence-electron chi connectivity index (χ3n) is 4.32. The molecule has 2 heterocycles. The molecule has 5 nitrogen and oxygen atoms in total. The highest BCUT2D eigenvalue weighted by Crippen LogP contribution is 2.28. The molecule has 1 N–H and O–H groups in total. The van der Waals surface area contributed by atoms with Crippen molar-refractivity contribution in [1.82, 2.24) is 19.9 Å². The van der Waals surface area contributed by atoms with E-state index in [1.165, 1.54) is 25.7 Å². The highest BCUT2D eigenvalue weighted by molar-refractivity contribution is 5.75. The monoisotopic (exact) mass is 298 g/mol. The predicted molar refractivity (Wildman–Crippen MR) is 84.4 cm³/mol. The molecule has 5 heteroatoms. The van der Waals surface area contributed by atoms with Crippen LogP contribution in [0.5, 0.6) is 0 Å². The molecule has 2 aromatic rings. The van der Waals surface area contributed by atoms with Gasteiger partial charge in [-0.25, -0.2) is 9.97 Å². The first-order chi connectivity index (χ1) is 10.8. The Morgan fingerprint density at radius 1 is 1.32 bits per heavy atom. The number of rotatable bonds is 6. The van der Waals surface area contributed by atoms with Crippen LogP contribution in [0.15, 0.2) is 37.1 Å². The van der Waals surface area contributed by atoms with Gasteiger partial charge in [0.15, 0.2) is 0 Å². The number of nitrogens with zero attached hydrogens (tertiary/aromatic N) is 3. The van der Waals surface area contributed by atoms with Crippen LogP contribution < -0.4 is 5.32 Å². The van der Waals surface area contributed by atoms with Crippen molar-refractivity contribution in [3.63, 3.8) is 0 Å². The van der Waals surface area contributed by atoms with Crippen molar-refractivity contribution < 1.29 is 4.79 Å². The summed E-state index contributed by atoms with van der Waals surface area (Å²) in [4.78, 5) is 20.3. The quantitative estimate of drug-likeness (QED) is 0.892. The molecule has 0 bridgehead atoms. The van der Waals surface area contributed by atoms with Gasteiger partial charge in [-0.2, -0.15) is 0 Å². The first-order valence-corrected chi connectivity index (χ1v) is 8.01. The predicted octanol–water partition coefficient (Wildman–Crippen LogP) is 2.85. The van der Waals surface area contributed by atoms with Gasteiger partial charge in [0, 0.05) is 31.6 Å². The summed E-state index contributed by atoms with van der Waals surface area (Å²) in [5.74, 6) is 1.74. The van der Waals surface area contributed by atoms with Crippen LogP contribution in [0.25, 0.3) is 5.82 Å². The smallest absolute Gasteiger partial charge is 0.220 e. The summed E-state index contributed by atoms with van der Waals surface area (Å²) in [5, 5.41) is 2.98. The molecular formula is C17H22N4O. The Bertz CT molecular complexity index is 586. The number of aromatic nitrogens is 3. The fourth-order valence-corrected chi connectivity index (χ4v) is 2.99. The minimum absolute atomic E-state index is 0.144. The number of carbonyl (C=O) groups excluding carboxylic acids is 1. The molecule has 1 aliphatic carbocycles. The summed E-state index contributed by atoms with van der Waals surface area (Å²) in [6, 6.07) is 3.92. The standard InChI is InChI=1S/C17H22N4O/c22-17(8-6-14-3-1-2-4-14)20-12-15-5-7-16(19-11-15)21-10-9-18-13-21/h5,7,9-11,13-14H,1-4,6,8,12H2,(H,20,22). The second kappa shape index (κ2) is 7.20. The molecule has 2 aromatic heterocycles. The second-order valence-electron chi connectivity index (χ2n) is 5.96. The molecule has 1 aliphatic rings. The zero-order valence-corrected chi connectivity index (χ0v) is 12.7. The Kier molecular flexibility index (Phi) is 4.83. The van der Waals surface area contributed by atoms with Crippen molar-refractivity contribution in [2.24, 2.45) is 5.92 Å². The van der Waals surface area contributed by atoms with Crippen molar-refractivity contribution in [1.29, 1.82) is 0 Å². The third kappa shape index (κ3) is 3.93. The lowest BCUT2D eigenvalue weighted by Gasteiger charge is -2.09. The Morgan fingerprint density at radius 3 is 2.86 bits per heavy atom. The van der Waals surface area contributed by atoms with E-state index in [0.717, 1.165) is 23.7 Å². The van der Waals surface area contributed by atoms with Gasteiger partial charge in [0.05, 0.1) is 0 Å². The fourth-order valence-electron chi connectivity index (χ4n) is 2.99. The van der Waals surface area contributed by atoms with Gasteiger partial charge >= 0.3 is 0 Å². The molecule has 0 aliphatic heterocycles. The van der Waals surface area contributed by atoms with Gasteiger partial charge in [-0.3, -0.25) is 9.36 Å². The van der Waals surface area contributed by atoms with Crippen LogP contribution in [0.2, 0.25) is 0 Å². The summed E-state index contributed by atoms with van der Waals surface area (Å²) in [5.41, 5.74) is 1.01. The SMILES string of the molecule is O=C(CCC1CCCC1)NCc1ccc(-n2ccnc2)nc1. The van der Waals surface area contributed by atoms with Gasteiger partial charge in [0.1, 0.15) is 12.1 Å². The molecule has 1 fully saturated rings. The zero-order valence-electron chi connectivity index (χ0n) is 12.7. The molecule has 0 saturated heterocycles. The molecule has 0 spiro atoms. The van der Waals surface area contributed by atoms with Gasteiger partial charge in [0.2, 0.25) is 5.91 Å². The van der Waals surface area contributed by atoms with Gasteiger partial charge in [-0.15, -0.1) is 0 Å². The normalized spacial score (nSPS) is 15.1. The highest BCUT2D eigenvalue weighted by atomic mass is 16.1. The van der Waals surface area contributed by atoms with Gasteiger partial charge < -0.3 is 5.32 Å². The van der Waals surface area contributed by atoms with E-state index < -0.39 is 0 Å². The number of nitrogens with one attached hydrogen (secondary N) is 1. The van der Waals surface area contributed by atoms with E-state index in [0.29, 0.717) is 13.0 Å². The average molecular weight is 298 g/mol. The van der Waals surface area contributed by atoms with Crippen molar-refractivity contribution in [2.75, 3.05) is 0 Å². The maximum atomic E-state index is 11.9. The summed E-state index contributed by atoms with van der Waals surface area (Å²) in [7, 11) is 0. The van der Waals surface area contributed by atoms with Gasteiger partial charge in [-0.1, -0.05) is 31.7 Å². The molecule has 1 amide bonds. The number of imidazole rings is 1. The summed E-state index contributed by atoms with van der Waals surface area (Å²) < 4.78 is 1.85. The zero-order chi connectivity index (χ0) is 15.2. The van der Waals surface area contributed by atoms with E-state index in [4.69, 9.17) is 0 Å². The highest BCUT2D eigenvalue weighted by Gasteiger charge is 2.15. The number of carbonyl (C=O) groups is 1. The Balaban J connectivity index is 1.43. The molecule has 116 valence electrons. The van der Waals surface area contributed by atoms with Crippen molar-refractivity contribution in [2.45, 2.75) is 45.1 Å². The van der Waals surface area contributed by atoms with E-state index in [2.05, 4.69) is 15.3 Å². The molecule has 22 heavy (non-hydrogen) atoms. The lowest BCUT2D eigenvalue weighted by Crippen LogP contribution is -2.23. The second-order valence-corrected chi connectivity index (χ2v) is 5.96. The Hall–Kier alpha value is -2.17. The number of amides is 1. The van der Waals surface area contributed by atoms with Gasteiger partial charge in [0.25, 0.3) is 0 Å². The third-order valence-corrected chi connectivity index (χ3v) is 4.32. The fraction of sp³-hybridized carbons (Fsp3) is 0.471. The van der Waals surface area contributed by atoms with E-state index in [9.17, 15) is 4.79 Å². The number of hydrogen-bond donors (Lipinski definition) is 1. The van der Waals surface area contributed by atoms with Crippen LogP contribution in [0, 0.1) is 5.92 Å². The topological polar surface area (TPSA) is 59.8 Å². The van der Waals surface area contributed by atoms with Crippen molar-refractivity contribution in [3.8, 4) is 5.82 Å². The summed E-state index contributed by atoms with van der Waals surface area (Å²) in [6.07, 6.45) is 14.0. The molecule has 1 saturated carbocycles. The molecule has 3 rings (SSSR count). The van der Waals surface area contributed by atoms with E-state index in [-0.39, 0.29) is 5.91 Å². The lowest BCUT2D eigenvalue weighted by molar-refractivity contribution is -0.121. The maximum absolute atomic E-state index is 11.9. The van der Waals surface area contributed by atoms with Crippen LogP contribution in [-0.4, -0.2) is 20.4 Å². The lowest BCUT2D eigenvalue weighted by atomic mass is 10.0. The first-order valence-electron chi connectivity index (χ1n) is 8.01. The summed E-state index contributed by atoms with van der Waals surface area (Å²) >= 11 is 0. The number of pyridine rings is 1. The van der Waals surface area contributed by atoms with E-state index in [1.54, 1.807) is 18.7 Å². The van der Waals surface area contributed by atoms with Crippen LogP contribution in [0.1, 0.15) is 44.1 Å². The van der Waals surface area contributed by atoms with Crippen LogP contribution in [0.4, 0.5) is 0 Å². The minimum atomic E-state index is 0.144. The van der Waals surface area contributed by atoms with Crippen LogP contribution >= 0.6 is 0 Å². The molecular weight excluding hydrogens is 276 g/mol. The van der Waals surface area contributed by atoms with Crippen LogP contribution in [-0.2, 0) is 11.3 Å². The van der Waals surface area contributed by atoms with E-state index >= 15 is 0 Å². The maximum Gasteiger partial charge on any atom is 0.220 e.